The Morgan fingerprint density at radius 3 is 2.13 bits per heavy atom. The Hall–Kier alpha value is -4.47. The van der Waals surface area contributed by atoms with Crippen LogP contribution in [0.4, 0.5) is 10.2 Å². The minimum atomic E-state index is -3.40. The topological polar surface area (TPSA) is 114 Å². The van der Waals surface area contributed by atoms with E-state index in [0.717, 1.165) is 88.9 Å². The van der Waals surface area contributed by atoms with Crippen molar-refractivity contribution in [3.05, 3.63) is 114 Å². The first-order valence-corrected chi connectivity index (χ1v) is 23.8. The highest BCUT2D eigenvalue weighted by Crippen LogP contribution is 2.45. The van der Waals surface area contributed by atoms with E-state index in [-0.39, 0.29) is 28.7 Å². The molecule has 0 aliphatic carbocycles. The van der Waals surface area contributed by atoms with Crippen LogP contribution in [0.1, 0.15) is 87.7 Å². The summed E-state index contributed by atoms with van der Waals surface area (Å²) in [5.74, 6) is 0.813. The first-order valence-electron chi connectivity index (χ1n) is 22.4. The molecule has 3 atom stereocenters. The number of hydrogen-bond acceptors (Lipinski definition) is 9. The molecule has 62 heavy (non-hydrogen) atoms. The molecule has 3 aromatic carbocycles. The number of likely N-dealkylation sites (tertiary alicyclic amines) is 1. The summed E-state index contributed by atoms with van der Waals surface area (Å²) in [4.78, 5) is 30.8. The first-order chi connectivity index (χ1) is 29.7. The summed E-state index contributed by atoms with van der Waals surface area (Å²) in [5.41, 5.74) is 0.589. The van der Waals surface area contributed by atoms with Gasteiger partial charge in [-0.3, -0.25) is 4.79 Å². The smallest absolute Gasteiger partial charge is 0.282 e. The Morgan fingerprint density at radius 1 is 0.871 bits per heavy atom. The second-order valence-electron chi connectivity index (χ2n) is 19.3. The van der Waals surface area contributed by atoms with E-state index < -0.39 is 27.1 Å². The Morgan fingerprint density at radius 2 is 1.52 bits per heavy atom. The molecule has 0 unspecified atom stereocenters. The number of carbonyl (C=O) groups is 1. The Bertz CT molecular complexity index is 2280. The van der Waals surface area contributed by atoms with Crippen LogP contribution < -0.4 is 15.0 Å². The molecule has 1 N–H and O–H groups in total. The second-order valence-corrected chi connectivity index (χ2v) is 21.2. The molecule has 5 aliphatic heterocycles. The number of piperazine rings is 1. The molecule has 1 aromatic heterocycles. The maximum Gasteiger partial charge on any atom is 0.282 e. The van der Waals surface area contributed by atoms with Crippen LogP contribution in [0.25, 0.3) is 0 Å². The van der Waals surface area contributed by atoms with Gasteiger partial charge in [-0.25, -0.2) is 14.4 Å². The number of aromatic nitrogens is 2. The molecule has 4 aromatic rings. The lowest BCUT2D eigenvalue weighted by atomic mass is 9.71. The van der Waals surface area contributed by atoms with Crippen LogP contribution in [0.2, 0.25) is 0 Å². The number of hydrogen-bond donors (Lipinski definition) is 1. The van der Waals surface area contributed by atoms with Gasteiger partial charge in [-0.2, -0.15) is 17.0 Å². The molecular formula is C48H61FN8O4S. The molecule has 14 heteroatoms. The van der Waals surface area contributed by atoms with Crippen molar-refractivity contribution < 1.29 is 22.3 Å². The second kappa shape index (κ2) is 16.9. The van der Waals surface area contributed by atoms with Crippen molar-refractivity contribution in [3.63, 3.8) is 0 Å². The maximum absolute atomic E-state index is 15.3. The monoisotopic (exact) mass is 864 g/mol. The van der Waals surface area contributed by atoms with Crippen molar-refractivity contribution in [1.29, 1.82) is 0 Å². The zero-order valence-electron chi connectivity index (χ0n) is 36.5. The fourth-order valence-electron chi connectivity index (χ4n) is 11.2. The van der Waals surface area contributed by atoms with Gasteiger partial charge in [0.15, 0.2) is 11.6 Å². The Balaban J connectivity index is 0.864. The molecule has 0 radical (unpaired) electrons. The quantitative estimate of drug-likeness (QED) is 0.161. The van der Waals surface area contributed by atoms with Crippen LogP contribution in [0.5, 0.6) is 11.5 Å². The largest absolute Gasteiger partial charge is 0.451 e. The van der Waals surface area contributed by atoms with Gasteiger partial charge in [-0.15, -0.1) is 0 Å². The normalized spacial score (nSPS) is 23.6. The van der Waals surface area contributed by atoms with Crippen molar-refractivity contribution >= 4 is 21.9 Å². The summed E-state index contributed by atoms with van der Waals surface area (Å²) in [6.07, 6.45) is 9.14. The molecule has 5 aliphatic rings. The predicted molar refractivity (Wildman–Crippen MR) is 239 cm³/mol. The van der Waals surface area contributed by atoms with Crippen LogP contribution in [0, 0.1) is 17.2 Å². The summed E-state index contributed by atoms with van der Waals surface area (Å²) in [5, 5.41) is 3.42. The van der Waals surface area contributed by atoms with Crippen molar-refractivity contribution in [1.82, 2.24) is 33.7 Å². The number of fused-ring (bicyclic) bond motifs is 2. The summed E-state index contributed by atoms with van der Waals surface area (Å²) in [7, 11) is -3.40. The predicted octanol–water partition coefficient (Wildman–Crippen LogP) is 7.02. The number of nitrogens with one attached hydrogen (secondary N) is 1. The number of amides is 1. The lowest BCUT2D eigenvalue weighted by Gasteiger charge is -2.49. The zero-order valence-corrected chi connectivity index (χ0v) is 37.4. The first kappa shape index (κ1) is 42.8. The van der Waals surface area contributed by atoms with Gasteiger partial charge in [0.2, 0.25) is 0 Å². The molecule has 5 saturated heterocycles. The van der Waals surface area contributed by atoms with E-state index in [1.165, 1.54) is 24.5 Å². The van der Waals surface area contributed by atoms with Gasteiger partial charge >= 0.3 is 0 Å². The molecule has 330 valence electrons. The van der Waals surface area contributed by atoms with Gasteiger partial charge in [0.25, 0.3) is 16.1 Å². The number of carbonyl (C=O) groups excluding carboxylic acids is 1. The van der Waals surface area contributed by atoms with E-state index >= 15 is 9.18 Å². The minimum absolute atomic E-state index is 0.107. The fraction of sp³-hybridized carbons (Fsp3) is 0.521. The van der Waals surface area contributed by atoms with Gasteiger partial charge in [0, 0.05) is 57.9 Å². The molecule has 2 bridgehead atoms. The van der Waals surface area contributed by atoms with Gasteiger partial charge < -0.3 is 24.8 Å². The number of nitrogens with zero attached hydrogens (tertiary/aromatic N) is 7. The van der Waals surface area contributed by atoms with Crippen molar-refractivity contribution in [2.75, 3.05) is 63.8 Å². The van der Waals surface area contributed by atoms with E-state index in [1.807, 2.05) is 93.3 Å². The molecule has 12 nitrogen and oxygen atoms in total. The molecular weight excluding hydrogens is 804 g/mol. The van der Waals surface area contributed by atoms with E-state index in [0.29, 0.717) is 43.2 Å². The van der Waals surface area contributed by atoms with Crippen molar-refractivity contribution in [2.24, 2.45) is 11.3 Å². The highest BCUT2D eigenvalue weighted by Gasteiger charge is 2.49. The number of ether oxygens (including phenoxy) is 1. The van der Waals surface area contributed by atoms with E-state index in [1.54, 1.807) is 14.8 Å². The van der Waals surface area contributed by atoms with Crippen LogP contribution in [-0.4, -0.2) is 114 Å². The van der Waals surface area contributed by atoms with Crippen molar-refractivity contribution in [3.8, 4) is 11.5 Å². The Kier molecular flexibility index (Phi) is 11.7. The average molecular weight is 865 g/mol. The Labute approximate surface area is 366 Å². The molecule has 0 saturated carbocycles. The third-order valence-corrected chi connectivity index (χ3v) is 16.8. The van der Waals surface area contributed by atoms with Crippen LogP contribution in [0.15, 0.2) is 91.4 Å². The number of rotatable bonds is 12. The van der Waals surface area contributed by atoms with Gasteiger partial charge in [-0.05, 0) is 120 Å². The third-order valence-electron chi connectivity index (χ3n) is 14.8. The molecule has 1 spiro atoms. The highest BCUT2D eigenvalue weighted by atomic mass is 32.2. The van der Waals surface area contributed by atoms with Crippen LogP contribution in [0.3, 0.4) is 0 Å². The lowest BCUT2D eigenvalue weighted by molar-refractivity contribution is 0.0122. The van der Waals surface area contributed by atoms with Crippen LogP contribution >= 0.6 is 0 Å². The summed E-state index contributed by atoms with van der Waals surface area (Å²) in [6, 6.07) is 24.3. The maximum atomic E-state index is 15.3. The summed E-state index contributed by atoms with van der Waals surface area (Å²) >= 11 is 0. The standard InChI is InChI=1S/C48H61FN8O4S/c1-46(2,36-11-7-5-8-12-36)57(47(3,4)37-13-9-6-10-14-37)45(58)41-27-38(49)15-16-42(41)61-43-30-50-34-52-44(43)54-22-17-35(32-54)31-53-23-18-48(19-24-53)20-25-55(26-21-48)62(59,60)56-33-39-28-40(56)29-51-39/h5-16,27,30,34-35,39-40,51H,17-26,28-29,31-33H2,1-4H3/t35-,39-,40-/m0/s1. The van der Waals surface area contributed by atoms with Gasteiger partial charge in [0.05, 0.1) is 22.8 Å². The zero-order chi connectivity index (χ0) is 43.3. The SMILES string of the molecule is CC(C)(c1ccccc1)N(C(=O)c1cc(F)ccc1Oc1cncnc1N1CC[C@@H](CN2CCC3(CC2)CCN(S(=O)(=O)N2C[C@@H]4C[C@H]2CN4)CC3)C1)C(C)(C)c1ccccc1. The number of halogens is 1. The number of anilines is 1. The van der Waals surface area contributed by atoms with Crippen molar-refractivity contribution in [2.45, 2.75) is 89.4 Å². The molecule has 1 amide bonds. The molecule has 9 rings (SSSR count). The molecule has 5 fully saturated rings. The molecule has 6 heterocycles. The third kappa shape index (κ3) is 8.24. The summed E-state index contributed by atoms with van der Waals surface area (Å²) < 4.78 is 52.4. The van der Waals surface area contributed by atoms with Crippen LogP contribution in [-0.2, 0) is 21.3 Å². The van der Waals surface area contributed by atoms with Gasteiger partial charge in [0.1, 0.15) is 17.9 Å². The minimum Gasteiger partial charge on any atom is -0.451 e. The highest BCUT2D eigenvalue weighted by molar-refractivity contribution is 7.86. The number of piperidine rings is 2. The van der Waals surface area contributed by atoms with E-state index in [2.05, 4.69) is 20.1 Å². The lowest BCUT2D eigenvalue weighted by Crippen LogP contribution is -2.55. The fourth-order valence-corrected chi connectivity index (χ4v) is 13.0. The number of benzene rings is 3. The van der Waals surface area contributed by atoms with E-state index in [4.69, 9.17) is 9.72 Å². The van der Waals surface area contributed by atoms with E-state index in [9.17, 15) is 8.42 Å². The average Bonchev–Trinajstić information content (AvgIpc) is 4.05. The summed E-state index contributed by atoms with van der Waals surface area (Å²) in [6.45, 7) is 15.3. The van der Waals surface area contributed by atoms with Gasteiger partial charge in [-0.1, -0.05) is 60.7 Å².